The molecule has 2 aliphatic rings. The van der Waals surface area contributed by atoms with Crippen molar-refractivity contribution in [3.63, 3.8) is 0 Å². The third-order valence-corrected chi connectivity index (χ3v) is 6.14. The lowest BCUT2D eigenvalue weighted by molar-refractivity contribution is -0.134. The van der Waals surface area contributed by atoms with Gasteiger partial charge in [0, 0.05) is 33.1 Å². The first-order valence-corrected chi connectivity index (χ1v) is 10.6. The first-order valence-electron chi connectivity index (χ1n) is 10.6. The summed E-state index contributed by atoms with van der Waals surface area (Å²) in [5.74, 6) is -5.44. The number of amides is 3. The summed E-state index contributed by atoms with van der Waals surface area (Å²) in [7, 11) is 3.28. The van der Waals surface area contributed by atoms with E-state index in [-0.39, 0.29) is 55.3 Å². The van der Waals surface area contributed by atoms with E-state index in [1.807, 2.05) is 6.92 Å². The van der Waals surface area contributed by atoms with Gasteiger partial charge in [0.05, 0.1) is 43.0 Å². The van der Waals surface area contributed by atoms with Gasteiger partial charge in [-0.3, -0.25) is 19.1 Å². The molecule has 0 aliphatic carbocycles. The summed E-state index contributed by atoms with van der Waals surface area (Å²) < 4.78 is 42.0. The molecule has 8 nitrogen and oxygen atoms in total. The van der Waals surface area contributed by atoms with Crippen molar-refractivity contribution in [2.24, 2.45) is 5.92 Å². The Hall–Kier alpha value is -3.37. The van der Waals surface area contributed by atoms with E-state index < -0.39 is 23.4 Å². The quantitative estimate of drug-likeness (QED) is 0.647. The van der Waals surface area contributed by atoms with E-state index >= 15 is 0 Å². The number of halogens is 3. The van der Waals surface area contributed by atoms with Gasteiger partial charge in [0.2, 0.25) is 17.7 Å². The zero-order chi connectivity index (χ0) is 24.0. The van der Waals surface area contributed by atoms with Gasteiger partial charge in [-0.25, -0.2) is 13.2 Å². The zero-order valence-corrected chi connectivity index (χ0v) is 18.5. The third-order valence-electron chi connectivity index (χ3n) is 6.14. The molecule has 1 aromatic heterocycles. The predicted octanol–water partition coefficient (Wildman–Crippen LogP) is 1.71. The van der Waals surface area contributed by atoms with Crippen molar-refractivity contribution in [1.29, 1.82) is 0 Å². The second-order valence-electron chi connectivity index (χ2n) is 8.72. The Bertz CT molecular complexity index is 1110. The molecule has 4 rings (SSSR count). The van der Waals surface area contributed by atoms with Gasteiger partial charge >= 0.3 is 0 Å². The summed E-state index contributed by atoms with van der Waals surface area (Å²) in [4.78, 5) is 42.4. The van der Waals surface area contributed by atoms with Gasteiger partial charge < -0.3 is 14.7 Å². The molecule has 1 unspecified atom stereocenters. The molecule has 3 amide bonds. The molecule has 176 valence electrons. The SMILES string of the molecule is C[C@H]1Cn2ncc(N3CC(C(=O)N(C)C)CC3=O)c2CN1C(=O)Cc1cc(F)c(F)c(F)c1. The van der Waals surface area contributed by atoms with Gasteiger partial charge in [-0.15, -0.1) is 0 Å². The Labute approximate surface area is 188 Å². The second kappa shape index (κ2) is 8.53. The predicted molar refractivity (Wildman–Crippen MR) is 111 cm³/mol. The first kappa shape index (κ1) is 22.8. The largest absolute Gasteiger partial charge is 0.349 e. The van der Waals surface area contributed by atoms with Gasteiger partial charge in [0.1, 0.15) is 0 Å². The number of fused-ring (bicyclic) bond motifs is 1. The minimum Gasteiger partial charge on any atom is -0.349 e. The van der Waals surface area contributed by atoms with Crippen LogP contribution < -0.4 is 4.90 Å². The summed E-state index contributed by atoms with van der Waals surface area (Å²) in [6.45, 7) is 2.56. The van der Waals surface area contributed by atoms with Crippen LogP contribution in [0.15, 0.2) is 18.3 Å². The number of carbonyl (C=O) groups excluding carboxylic acids is 3. The molecule has 33 heavy (non-hydrogen) atoms. The highest BCUT2D eigenvalue weighted by molar-refractivity contribution is 6.00. The maximum atomic E-state index is 13.5. The van der Waals surface area contributed by atoms with Crippen molar-refractivity contribution in [3.8, 4) is 0 Å². The molecule has 0 spiro atoms. The molecule has 0 N–H and O–H groups in total. The van der Waals surface area contributed by atoms with Crippen LogP contribution >= 0.6 is 0 Å². The van der Waals surface area contributed by atoms with Crippen LogP contribution in [0.5, 0.6) is 0 Å². The van der Waals surface area contributed by atoms with E-state index in [1.54, 1.807) is 29.9 Å². The molecular formula is C22H24F3N5O3. The Balaban J connectivity index is 1.54. The molecule has 2 aliphatic heterocycles. The number of aromatic nitrogens is 2. The molecule has 1 saturated heterocycles. The number of hydrogen-bond donors (Lipinski definition) is 0. The molecule has 0 bridgehead atoms. The normalized spacial score (nSPS) is 20.2. The van der Waals surface area contributed by atoms with Crippen LogP contribution in [-0.2, 0) is 33.9 Å². The second-order valence-corrected chi connectivity index (χ2v) is 8.72. The fourth-order valence-electron chi connectivity index (χ4n) is 4.40. The maximum absolute atomic E-state index is 13.5. The van der Waals surface area contributed by atoms with E-state index in [2.05, 4.69) is 5.10 Å². The van der Waals surface area contributed by atoms with Crippen LogP contribution in [0.4, 0.5) is 18.9 Å². The van der Waals surface area contributed by atoms with Gasteiger partial charge in [0.25, 0.3) is 0 Å². The number of anilines is 1. The zero-order valence-electron chi connectivity index (χ0n) is 18.5. The van der Waals surface area contributed by atoms with Gasteiger partial charge in [-0.2, -0.15) is 5.10 Å². The number of benzene rings is 1. The van der Waals surface area contributed by atoms with Crippen LogP contribution in [0, 0.1) is 23.4 Å². The van der Waals surface area contributed by atoms with Crippen LogP contribution in [0.2, 0.25) is 0 Å². The van der Waals surface area contributed by atoms with E-state index in [9.17, 15) is 27.6 Å². The highest BCUT2D eigenvalue weighted by Crippen LogP contribution is 2.32. The van der Waals surface area contributed by atoms with Gasteiger partial charge in [-0.1, -0.05) is 0 Å². The van der Waals surface area contributed by atoms with Crippen LogP contribution in [0.1, 0.15) is 24.6 Å². The first-order chi connectivity index (χ1) is 15.6. The summed E-state index contributed by atoms with van der Waals surface area (Å²) in [5, 5.41) is 4.35. The Morgan fingerprint density at radius 1 is 1.15 bits per heavy atom. The Kier molecular flexibility index (Phi) is 5.89. The number of carbonyl (C=O) groups is 3. The van der Waals surface area contributed by atoms with E-state index in [4.69, 9.17) is 0 Å². The molecule has 1 fully saturated rings. The molecule has 1 aromatic carbocycles. The topological polar surface area (TPSA) is 78.8 Å². The van der Waals surface area contributed by atoms with Crippen LogP contribution in [0.25, 0.3) is 0 Å². The maximum Gasteiger partial charge on any atom is 0.227 e. The highest BCUT2D eigenvalue weighted by atomic mass is 19.2. The lowest BCUT2D eigenvalue weighted by atomic mass is 10.1. The summed E-state index contributed by atoms with van der Waals surface area (Å²) >= 11 is 0. The van der Waals surface area contributed by atoms with Gasteiger partial charge in [0.15, 0.2) is 17.5 Å². The lowest BCUT2D eigenvalue weighted by Gasteiger charge is -2.35. The van der Waals surface area contributed by atoms with E-state index in [1.165, 1.54) is 9.80 Å². The standard InChI is InChI=1S/C22H24F3N5O3/c1-12-9-30-18(11-28(12)19(31)6-13-4-15(23)21(25)16(24)5-13)17(8-26-30)29-10-14(7-20(29)32)22(33)27(2)3/h4-5,8,12,14H,6-7,9-11H2,1-3H3/t12-,14?/m0/s1. The van der Waals surface area contributed by atoms with Crippen molar-refractivity contribution >= 4 is 23.4 Å². The van der Waals surface area contributed by atoms with Crippen molar-refractivity contribution in [1.82, 2.24) is 19.6 Å². The summed E-state index contributed by atoms with van der Waals surface area (Å²) in [5.41, 5.74) is 1.21. The van der Waals surface area contributed by atoms with Crippen molar-refractivity contribution in [2.75, 3.05) is 25.5 Å². The molecule has 0 saturated carbocycles. The molecule has 0 radical (unpaired) electrons. The summed E-state index contributed by atoms with van der Waals surface area (Å²) in [6, 6.07) is 1.36. The smallest absolute Gasteiger partial charge is 0.227 e. The number of nitrogens with zero attached hydrogens (tertiary/aromatic N) is 5. The average molecular weight is 463 g/mol. The lowest BCUT2D eigenvalue weighted by Crippen LogP contribution is -2.46. The highest BCUT2D eigenvalue weighted by Gasteiger charge is 2.39. The minimum absolute atomic E-state index is 0.0302. The van der Waals surface area contributed by atoms with Crippen molar-refractivity contribution in [3.05, 3.63) is 47.0 Å². The fraction of sp³-hybridized carbons (Fsp3) is 0.455. The minimum atomic E-state index is -1.58. The number of rotatable bonds is 4. The molecule has 3 heterocycles. The van der Waals surface area contributed by atoms with Crippen LogP contribution in [-0.4, -0.2) is 64.0 Å². The van der Waals surface area contributed by atoms with Gasteiger partial charge in [-0.05, 0) is 24.6 Å². The average Bonchev–Trinajstić information content (AvgIpc) is 3.33. The molecular weight excluding hydrogens is 439 g/mol. The third kappa shape index (κ3) is 4.19. The summed E-state index contributed by atoms with van der Waals surface area (Å²) in [6.07, 6.45) is 1.35. The van der Waals surface area contributed by atoms with Crippen molar-refractivity contribution in [2.45, 2.75) is 38.9 Å². The monoisotopic (exact) mass is 463 g/mol. The van der Waals surface area contributed by atoms with E-state index in [0.29, 0.717) is 17.9 Å². The van der Waals surface area contributed by atoms with Crippen molar-refractivity contribution < 1.29 is 27.6 Å². The fourth-order valence-corrected chi connectivity index (χ4v) is 4.40. The van der Waals surface area contributed by atoms with E-state index in [0.717, 1.165) is 12.1 Å². The Morgan fingerprint density at radius 3 is 2.45 bits per heavy atom. The number of hydrogen-bond acceptors (Lipinski definition) is 4. The molecule has 11 heteroatoms. The van der Waals surface area contributed by atoms with Crippen LogP contribution in [0.3, 0.4) is 0 Å². The molecule has 2 aromatic rings. The molecule has 2 atom stereocenters. The Morgan fingerprint density at radius 2 is 1.82 bits per heavy atom.